The topological polar surface area (TPSA) is 52.4 Å². The number of nitrogens with zero attached hydrogens (tertiary/aromatic N) is 1. The van der Waals surface area contributed by atoms with Crippen molar-refractivity contribution < 1.29 is 9.66 Å². The molecule has 98 valence electrons. The first kappa shape index (κ1) is 13.8. The first-order chi connectivity index (χ1) is 9.06. The summed E-state index contributed by atoms with van der Waals surface area (Å²) in [6.45, 7) is 0.304. The maximum Gasteiger partial charge on any atom is 0.270 e. The van der Waals surface area contributed by atoms with Crippen LogP contribution >= 0.6 is 27.5 Å². The Hall–Kier alpha value is -1.59. The van der Waals surface area contributed by atoms with Gasteiger partial charge < -0.3 is 4.74 Å². The molecule has 0 spiro atoms. The van der Waals surface area contributed by atoms with Gasteiger partial charge in [0.1, 0.15) is 12.4 Å². The zero-order chi connectivity index (χ0) is 13.8. The van der Waals surface area contributed by atoms with E-state index in [1.165, 1.54) is 12.1 Å². The van der Waals surface area contributed by atoms with Crippen molar-refractivity contribution >= 4 is 33.2 Å². The van der Waals surface area contributed by atoms with Crippen molar-refractivity contribution in [3.63, 3.8) is 0 Å². The molecule has 0 radical (unpaired) electrons. The van der Waals surface area contributed by atoms with Crippen LogP contribution < -0.4 is 4.74 Å². The van der Waals surface area contributed by atoms with Gasteiger partial charge in [-0.25, -0.2) is 0 Å². The Morgan fingerprint density at radius 2 is 2.05 bits per heavy atom. The molecular weight excluding hydrogens is 334 g/mol. The van der Waals surface area contributed by atoms with Crippen molar-refractivity contribution in [1.29, 1.82) is 0 Å². The molecule has 0 amide bonds. The Balaban J connectivity index is 2.10. The Labute approximate surface area is 123 Å². The zero-order valence-electron chi connectivity index (χ0n) is 9.68. The van der Waals surface area contributed by atoms with E-state index in [9.17, 15) is 10.1 Å². The van der Waals surface area contributed by atoms with Crippen LogP contribution in [0.15, 0.2) is 46.9 Å². The summed E-state index contributed by atoms with van der Waals surface area (Å²) in [5.74, 6) is 0.651. The molecule has 0 heterocycles. The molecule has 2 aromatic carbocycles. The first-order valence-electron chi connectivity index (χ1n) is 5.37. The molecule has 6 heteroatoms. The number of benzene rings is 2. The lowest BCUT2D eigenvalue weighted by Crippen LogP contribution is -1.97. The van der Waals surface area contributed by atoms with Gasteiger partial charge in [-0.3, -0.25) is 10.1 Å². The molecule has 0 fully saturated rings. The summed E-state index contributed by atoms with van der Waals surface area (Å²) >= 11 is 9.14. The summed E-state index contributed by atoms with van der Waals surface area (Å²) in [5, 5.41) is 11.2. The molecule has 2 aromatic rings. The molecule has 0 aliphatic rings. The molecule has 0 saturated heterocycles. The predicted octanol–water partition coefficient (Wildman–Crippen LogP) is 4.59. The average Bonchev–Trinajstić information content (AvgIpc) is 2.37. The van der Waals surface area contributed by atoms with Crippen LogP contribution in [0.4, 0.5) is 5.69 Å². The highest BCUT2D eigenvalue weighted by atomic mass is 79.9. The highest BCUT2D eigenvalue weighted by molar-refractivity contribution is 9.10. The van der Waals surface area contributed by atoms with Crippen LogP contribution in [0, 0.1) is 10.1 Å². The van der Waals surface area contributed by atoms with Crippen molar-refractivity contribution in [3.05, 3.63) is 67.6 Å². The smallest absolute Gasteiger partial charge is 0.270 e. The number of hydrogen-bond acceptors (Lipinski definition) is 3. The number of rotatable bonds is 4. The fraction of sp³-hybridized carbons (Fsp3) is 0.0769. The van der Waals surface area contributed by atoms with Gasteiger partial charge in [0.2, 0.25) is 0 Å². The van der Waals surface area contributed by atoms with Gasteiger partial charge in [-0.15, -0.1) is 0 Å². The number of ether oxygens (including phenoxy) is 1. The molecule has 2 rings (SSSR count). The molecule has 0 atom stereocenters. The fourth-order valence-electron chi connectivity index (χ4n) is 1.48. The van der Waals surface area contributed by atoms with Crippen molar-refractivity contribution in [2.75, 3.05) is 0 Å². The fourth-order valence-corrected chi connectivity index (χ4v) is 2.15. The predicted molar refractivity (Wildman–Crippen MR) is 76.6 cm³/mol. The van der Waals surface area contributed by atoms with E-state index in [2.05, 4.69) is 15.9 Å². The second-order valence-corrected chi connectivity index (χ2v) is 5.07. The standard InChI is InChI=1S/C13H9BrClNO3/c14-13-7-11(16(17)18)5-4-9(13)8-19-12-3-1-2-10(15)6-12/h1-7H,8H2. The minimum absolute atomic E-state index is 0.0402. The van der Waals surface area contributed by atoms with E-state index in [1.54, 1.807) is 30.3 Å². The van der Waals surface area contributed by atoms with Gasteiger partial charge in [0.15, 0.2) is 0 Å². The third kappa shape index (κ3) is 3.68. The number of hydrogen-bond donors (Lipinski definition) is 0. The van der Waals surface area contributed by atoms with Crippen LogP contribution in [0.2, 0.25) is 5.02 Å². The van der Waals surface area contributed by atoms with Crippen LogP contribution in [-0.4, -0.2) is 4.92 Å². The van der Waals surface area contributed by atoms with E-state index in [0.717, 1.165) is 5.56 Å². The van der Waals surface area contributed by atoms with Gasteiger partial charge in [-0.05, 0) is 24.3 Å². The Morgan fingerprint density at radius 1 is 1.26 bits per heavy atom. The summed E-state index contributed by atoms with van der Waals surface area (Å²) in [6, 6.07) is 11.6. The molecule has 0 saturated carbocycles. The maximum atomic E-state index is 10.6. The van der Waals surface area contributed by atoms with Crippen LogP contribution in [0.1, 0.15) is 5.56 Å². The average molecular weight is 343 g/mol. The summed E-state index contributed by atoms with van der Waals surface area (Å²) in [6.07, 6.45) is 0. The van der Waals surface area contributed by atoms with E-state index in [4.69, 9.17) is 16.3 Å². The normalized spacial score (nSPS) is 10.2. The Kier molecular flexibility index (Phi) is 4.39. The Bertz CT molecular complexity index is 619. The van der Waals surface area contributed by atoms with Crippen molar-refractivity contribution in [1.82, 2.24) is 0 Å². The summed E-state index contributed by atoms with van der Waals surface area (Å²) in [4.78, 5) is 10.2. The van der Waals surface area contributed by atoms with Crippen LogP contribution in [0.25, 0.3) is 0 Å². The van der Waals surface area contributed by atoms with E-state index in [1.807, 2.05) is 0 Å². The Morgan fingerprint density at radius 3 is 2.68 bits per heavy atom. The molecule has 0 unspecified atom stereocenters. The molecule has 0 aromatic heterocycles. The number of nitro groups is 1. The second-order valence-electron chi connectivity index (χ2n) is 3.78. The largest absolute Gasteiger partial charge is 0.489 e. The highest BCUT2D eigenvalue weighted by Gasteiger charge is 2.09. The number of halogens is 2. The molecule has 0 bridgehead atoms. The molecule has 0 N–H and O–H groups in total. The molecule has 4 nitrogen and oxygen atoms in total. The van der Waals surface area contributed by atoms with Crippen LogP contribution in [-0.2, 0) is 6.61 Å². The first-order valence-corrected chi connectivity index (χ1v) is 6.54. The van der Waals surface area contributed by atoms with Gasteiger partial charge in [0.25, 0.3) is 5.69 Å². The third-order valence-electron chi connectivity index (χ3n) is 2.44. The molecule has 19 heavy (non-hydrogen) atoms. The van der Waals surface area contributed by atoms with Gasteiger partial charge >= 0.3 is 0 Å². The van der Waals surface area contributed by atoms with Crippen molar-refractivity contribution in [2.45, 2.75) is 6.61 Å². The van der Waals surface area contributed by atoms with Crippen molar-refractivity contribution in [2.24, 2.45) is 0 Å². The minimum Gasteiger partial charge on any atom is -0.489 e. The van der Waals surface area contributed by atoms with Gasteiger partial charge in [-0.2, -0.15) is 0 Å². The van der Waals surface area contributed by atoms with E-state index in [-0.39, 0.29) is 5.69 Å². The van der Waals surface area contributed by atoms with E-state index >= 15 is 0 Å². The SMILES string of the molecule is O=[N+]([O-])c1ccc(COc2cccc(Cl)c2)c(Br)c1. The van der Waals surface area contributed by atoms with Gasteiger partial charge in [0.05, 0.1) is 4.92 Å². The quantitative estimate of drug-likeness (QED) is 0.603. The van der Waals surface area contributed by atoms with Crippen LogP contribution in [0.5, 0.6) is 5.75 Å². The highest BCUT2D eigenvalue weighted by Crippen LogP contribution is 2.25. The third-order valence-corrected chi connectivity index (χ3v) is 3.41. The van der Waals surface area contributed by atoms with Gasteiger partial charge in [-0.1, -0.05) is 33.6 Å². The lowest BCUT2D eigenvalue weighted by molar-refractivity contribution is -0.384. The summed E-state index contributed by atoms with van der Waals surface area (Å²) < 4.78 is 6.21. The number of non-ortho nitro benzene ring substituents is 1. The maximum absolute atomic E-state index is 10.6. The van der Waals surface area contributed by atoms with Crippen LogP contribution in [0.3, 0.4) is 0 Å². The van der Waals surface area contributed by atoms with Gasteiger partial charge in [0, 0.05) is 27.2 Å². The summed E-state index contributed by atoms with van der Waals surface area (Å²) in [5.41, 5.74) is 0.865. The monoisotopic (exact) mass is 341 g/mol. The second kappa shape index (κ2) is 6.04. The summed E-state index contributed by atoms with van der Waals surface area (Å²) in [7, 11) is 0. The lowest BCUT2D eigenvalue weighted by atomic mass is 10.2. The lowest BCUT2D eigenvalue weighted by Gasteiger charge is -2.08. The van der Waals surface area contributed by atoms with E-state index in [0.29, 0.717) is 21.9 Å². The molecule has 0 aliphatic carbocycles. The van der Waals surface area contributed by atoms with E-state index < -0.39 is 4.92 Å². The number of nitro benzene ring substituents is 1. The minimum atomic E-state index is -0.438. The molecule has 0 aliphatic heterocycles. The molecular formula is C13H9BrClNO3. The van der Waals surface area contributed by atoms with Crippen molar-refractivity contribution in [3.8, 4) is 5.75 Å². The zero-order valence-corrected chi connectivity index (χ0v) is 12.0.